The van der Waals surface area contributed by atoms with Gasteiger partial charge in [0.25, 0.3) is 0 Å². The third-order valence-corrected chi connectivity index (χ3v) is 3.57. The molecule has 0 aromatic heterocycles. The summed E-state index contributed by atoms with van der Waals surface area (Å²) >= 11 is 0. The van der Waals surface area contributed by atoms with Gasteiger partial charge in [0.15, 0.2) is 0 Å². The zero-order chi connectivity index (χ0) is 10.8. The van der Waals surface area contributed by atoms with E-state index in [0.717, 1.165) is 5.92 Å². The first-order valence-corrected chi connectivity index (χ1v) is 5.97. The Morgan fingerprint density at radius 1 is 1.33 bits per heavy atom. The molecule has 1 aromatic rings. The molecule has 0 bridgehead atoms. The molecule has 0 saturated heterocycles. The molecule has 2 rings (SSSR count). The highest BCUT2D eigenvalue weighted by Crippen LogP contribution is 2.31. The minimum absolute atomic E-state index is 0.553. The molecule has 1 nitrogen and oxygen atoms in total. The van der Waals surface area contributed by atoms with Gasteiger partial charge in [0.05, 0.1) is 0 Å². The van der Waals surface area contributed by atoms with Gasteiger partial charge in [-0.2, -0.15) is 0 Å². The van der Waals surface area contributed by atoms with Crippen molar-refractivity contribution < 1.29 is 0 Å². The van der Waals surface area contributed by atoms with E-state index in [0.29, 0.717) is 6.04 Å². The molecule has 1 aliphatic rings. The predicted octanol–water partition coefficient (Wildman–Crippen LogP) is 3.23. The Balaban J connectivity index is 2.39. The van der Waals surface area contributed by atoms with Gasteiger partial charge in [-0.1, -0.05) is 30.7 Å². The number of hydrogen-bond acceptors (Lipinski definition) is 1. The summed E-state index contributed by atoms with van der Waals surface area (Å²) in [7, 11) is 2.08. The van der Waals surface area contributed by atoms with Gasteiger partial charge in [-0.3, -0.25) is 0 Å². The SMILES string of the molecule is CNC1CC(C)CCc2ccc(C)cc21. The zero-order valence-electron chi connectivity index (χ0n) is 10.0. The highest BCUT2D eigenvalue weighted by atomic mass is 14.9. The van der Waals surface area contributed by atoms with Crippen LogP contribution >= 0.6 is 0 Å². The third-order valence-electron chi connectivity index (χ3n) is 3.57. The summed E-state index contributed by atoms with van der Waals surface area (Å²) in [6, 6.07) is 7.46. The topological polar surface area (TPSA) is 12.0 Å². The molecular formula is C14H21N. The zero-order valence-corrected chi connectivity index (χ0v) is 10.0. The first-order valence-electron chi connectivity index (χ1n) is 5.97. The Bertz CT molecular complexity index is 343. The fourth-order valence-electron chi connectivity index (χ4n) is 2.59. The van der Waals surface area contributed by atoms with Crippen molar-refractivity contribution in [3.05, 3.63) is 34.9 Å². The lowest BCUT2D eigenvalue weighted by molar-refractivity contribution is 0.428. The molecule has 0 amide bonds. The van der Waals surface area contributed by atoms with Gasteiger partial charge in [0.2, 0.25) is 0 Å². The van der Waals surface area contributed by atoms with Crippen LogP contribution in [0.5, 0.6) is 0 Å². The largest absolute Gasteiger partial charge is 0.313 e. The lowest BCUT2D eigenvalue weighted by Crippen LogP contribution is -2.18. The van der Waals surface area contributed by atoms with E-state index in [1.54, 1.807) is 5.56 Å². The minimum atomic E-state index is 0.553. The molecule has 1 heteroatoms. The van der Waals surface area contributed by atoms with Crippen LogP contribution in [0.2, 0.25) is 0 Å². The molecular weight excluding hydrogens is 182 g/mol. The molecule has 0 heterocycles. The van der Waals surface area contributed by atoms with Crippen LogP contribution in [-0.4, -0.2) is 7.05 Å². The second kappa shape index (κ2) is 4.36. The van der Waals surface area contributed by atoms with E-state index in [1.165, 1.54) is 30.4 Å². The molecule has 2 atom stereocenters. The minimum Gasteiger partial charge on any atom is -0.313 e. The van der Waals surface area contributed by atoms with E-state index in [2.05, 4.69) is 44.4 Å². The van der Waals surface area contributed by atoms with Crippen LogP contribution in [0.4, 0.5) is 0 Å². The fourth-order valence-corrected chi connectivity index (χ4v) is 2.59. The van der Waals surface area contributed by atoms with Gasteiger partial charge in [0, 0.05) is 6.04 Å². The van der Waals surface area contributed by atoms with Crippen molar-refractivity contribution in [1.29, 1.82) is 0 Å². The van der Waals surface area contributed by atoms with Gasteiger partial charge < -0.3 is 5.32 Å². The quantitative estimate of drug-likeness (QED) is 0.691. The van der Waals surface area contributed by atoms with Crippen LogP contribution in [0.25, 0.3) is 0 Å². The Kier molecular flexibility index (Phi) is 3.11. The van der Waals surface area contributed by atoms with Crippen molar-refractivity contribution >= 4 is 0 Å². The van der Waals surface area contributed by atoms with E-state index >= 15 is 0 Å². The maximum atomic E-state index is 3.46. The molecule has 0 saturated carbocycles. The van der Waals surface area contributed by atoms with Crippen molar-refractivity contribution in [2.45, 2.75) is 39.2 Å². The Labute approximate surface area is 92.9 Å². The van der Waals surface area contributed by atoms with Crippen LogP contribution in [0.15, 0.2) is 18.2 Å². The van der Waals surface area contributed by atoms with Gasteiger partial charge in [-0.15, -0.1) is 0 Å². The second-order valence-electron chi connectivity index (χ2n) is 4.92. The number of fused-ring (bicyclic) bond motifs is 1. The van der Waals surface area contributed by atoms with Crippen LogP contribution < -0.4 is 5.32 Å². The maximum Gasteiger partial charge on any atom is 0.0322 e. The Hall–Kier alpha value is -0.820. The highest BCUT2D eigenvalue weighted by molar-refractivity contribution is 5.35. The number of aryl methyl sites for hydroxylation is 2. The van der Waals surface area contributed by atoms with Crippen molar-refractivity contribution in [3.8, 4) is 0 Å². The summed E-state index contributed by atoms with van der Waals surface area (Å²) in [6.07, 6.45) is 3.84. The van der Waals surface area contributed by atoms with Gasteiger partial charge in [-0.05, 0) is 50.3 Å². The fraction of sp³-hybridized carbons (Fsp3) is 0.571. The van der Waals surface area contributed by atoms with E-state index in [1.807, 2.05) is 0 Å². The van der Waals surface area contributed by atoms with E-state index in [4.69, 9.17) is 0 Å². The first kappa shape index (κ1) is 10.7. The molecule has 82 valence electrons. The molecule has 1 aliphatic carbocycles. The normalized spacial score (nSPS) is 25.8. The summed E-state index contributed by atoms with van der Waals surface area (Å²) in [5, 5.41) is 3.46. The molecule has 1 N–H and O–H groups in total. The average molecular weight is 203 g/mol. The van der Waals surface area contributed by atoms with Gasteiger partial charge >= 0.3 is 0 Å². The van der Waals surface area contributed by atoms with Crippen LogP contribution in [0.3, 0.4) is 0 Å². The molecule has 0 fully saturated rings. The Morgan fingerprint density at radius 3 is 2.87 bits per heavy atom. The van der Waals surface area contributed by atoms with E-state index < -0.39 is 0 Å². The van der Waals surface area contributed by atoms with Crippen molar-refractivity contribution in [2.75, 3.05) is 7.05 Å². The van der Waals surface area contributed by atoms with Crippen LogP contribution in [0.1, 0.15) is 42.5 Å². The lowest BCUT2D eigenvalue weighted by atomic mass is 9.96. The molecule has 0 spiro atoms. The molecule has 0 aliphatic heterocycles. The molecule has 1 aromatic carbocycles. The number of benzene rings is 1. The lowest BCUT2D eigenvalue weighted by Gasteiger charge is -2.19. The standard InChI is InChI=1S/C14H21N/c1-10-4-6-12-7-5-11(2)9-14(15-3)13(12)8-10/h4,6,8,11,14-15H,5,7,9H2,1-3H3. The van der Waals surface area contributed by atoms with Crippen molar-refractivity contribution in [1.82, 2.24) is 5.32 Å². The maximum absolute atomic E-state index is 3.46. The second-order valence-corrected chi connectivity index (χ2v) is 4.92. The van der Waals surface area contributed by atoms with Crippen molar-refractivity contribution in [3.63, 3.8) is 0 Å². The smallest absolute Gasteiger partial charge is 0.0322 e. The monoisotopic (exact) mass is 203 g/mol. The van der Waals surface area contributed by atoms with E-state index in [-0.39, 0.29) is 0 Å². The first-order chi connectivity index (χ1) is 7.20. The van der Waals surface area contributed by atoms with Crippen molar-refractivity contribution in [2.24, 2.45) is 5.92 Å². The summed E-state index contributed by atoms with van der Waals surface area (Å²) < 4.78 is 0. The summed E-state index contributed by atoms with van der Waals surface area (Å²) in [4.78, 5) is 0. The summed E-state index contributed by atoms with van der Waals surface area (Å²) in [6.45, 7) is 4.55. The van der Waals surface area contributed by atoms with Gasteiger partial charge in [0.1, 0.15) is 0 Å². The highest BCUT2D eigenvalue weighted by Gasteiger charge is 2.20. The predicted molar refractivity (Wildman–Crippen MR) is 65.1 cm³/mol. The van der Waals surface area contributed by atoms with Gasteiger partial charge in [-0.25, -0.2) is 0 Å². The number of hydrogen-bond donors (Lipinski definition) is 1. The summed E-state index contributed by atoms with van der Waals surface area (Å²) in [5.74, 6) is 0.829. The third kappa shape index (κ3) is 2.23. The number of rotatable bonds is 1. The average Bonchev–Trinajstić information content (AvgIpc) is 2.38. The van der Waals surface area contributed by atoms with E-state index in [9.17, 15) is 0 Å². The molecule has 0 radical (unpaired) electrons. The summed E-state index contributed by atoms with van der Waals surface area (Å²) in [5.41, 5.74) is 4.45. The van der Waals surface area contributed by atoms with Crippen LogP contribution in [0, 0.1) is 12.8 Å². The molecule has 15 heavy (non-hydrogen) atoms. The number of nitrogens with one attached hydrogen (secondary N) is 1. The van der Waals surface area contributed by atoms with Crippen LogP contribution in [-0.2, 0) is 6.42 Å². The molecule has 2 unspecified atom stereocenters. The Morgan fingerprint density at radius 2 is 2.13 bits per heavy atom.